The number of carbonyl (C=O) groups is 2. The largest absolute Gasteiger partial charge is 0.367 e. The molecule has 178 valence electrons. The van der Waals surface area contributed by atoms with Gasteiger partial charge in [0.2, 0.25) is 5.91 Å². The van der Waals surface area contributed by atoms with Crippen LogP contribution in [0.15, 0.2) is 4.21 Å². The minimum Gasteiger partial charge on any atom is -0.367 e. The van der Waals surface area contributed by atoms with Crippen molar-refractivity contribution in [2.24, 2.45) is 11.7 Å². The van der Waals surface area contributed by atoms with E-state index in [1.165, 1.54) is 19.3 Å². The molecular weight excluding hydrogens is 452 g/mol. The predicted molar refractivity (Wildman–Crippen MR) is 120 cm³/mol. The number of hydrogen-bond donors (Lipinski definition) is 1. The predicted octanol–water partition coefficient (Wildman–Crippen LogP) is 1.58. The van der Waals surface area contributed by atoms with Crippen molar-refractivity contribution in [3.05, 3.63) is 10.7 Å². The molecule has 3 fully saturated rings. The fourth-order valence-corrected chi connectivity index (χ4v) is 7.68. The van der Waals surface area contributed by atoms with Gasteiger partial charge in [0.15, 0.2) is 9.81 Å². The van der Waals surface area contributed by atoms with Crippen molar-refractivity contribution in [3.63, 3.8) is 0 Å². The summed E-state index contributed by atoms with van der Waals surface area (Å²) in [5.41, 5.74) is 4.34. The Morgan fingerprint density at radius 1 is 1.09 bits per heavy atom. The number of aryl methyl sites for hydroxylation is 2. The highest BCUT2D eigenvalue weighted by atomic mass is 32.3. The quantitative estimate of drug-likeness (QED) is 0.608. The first kappa shape index (κ1) is 23.6. The molecule has 2 heterocycles. The maximum absolute atomic E-state index is 13.1. The molecule has 0 atom stereocenters. The summed E-state index contributed by atoms with van der Waals surface area (Å²) in [6, 6.07) is 0.684. The van der Waals surface area contributed by atoms with Gasteiger partial charge < -0.3 is 10.6 Å². The van der Waals surface area contributed by atoms with Crippen molar-refractivity contribution < 1.29 is 22.2 Å². The summed E-state index contributed by atoms with van der Waals surface area (Å²) < 4.78 is 31.2. The smallest absolute Gasteiger partial charge is 0.309 e. The van der Waals surface area contributed by atoms with E-state index in [1.54, 1.807) is 13.8 Å². The van der Waals surface area contributed by atoms with Crippen LogP contribution in [-0.2, 0) is 23.9 Å². The second-order valence-corrected chi connectivity index (χ2v) is 12.2. The average molecular weight is 485 g/mol. The van der Waals surface area contributed by atoms with Crippen LogP contribution in [0.3, 0.4) is 0 Å². The van der Waals surface area contributed by atoms with Gasteiger partial charge in [-0.05, 0) is 52.4 Å². The first-order valence-corrected chi connectivity index (χ1v) is 13.6. The van der Waals surface area contributed by atoms with Crippen molar-refractivity contribution in [1.82, 2.24) is 14.8 Å². The standard InChI is InChI=1S/C21H32N4O5S2/c1-14-19(31-15(2)23-14)32(28,29)30-21(20(22)27)8-6-16(7-9-21)18(26)25-12-10-24(11-13-25)17-4-3-5-17/h16-17H,3-13H2,1-2H3,(H2,22,27). The van der Waals surface area contributed by atoms with Gasteiger partial charge in [-0.1, -0.05) is 6.42 Å². The van der Waals surface area contributed by atoms with Crippen molar-refractivity contribution in [3.8, 4) is 0 Å². The minimum absolute atomic E-state index is 0.00171. The van der Waals surface area contributed by atoms with Gasteiger partial charge >= 0.3 is 10.1 Å². The first-order chi connectivity index (χ1) is 15.1. The molecule has 0 unspecified atom stereocenters. The number of piperazine rings is 1. The first-order valence-electron chi connectivity index (χ1n) is 11.3. The third kappa shape index (κ3) is 4.57. The van der Waals surface area contributed by atoms with E-state index in [4.69, 9.17) is 9.92 Å². The van der Waals surface area contributed by atoms with Crippen LogP contribution in [0, 0.1) is 19.8 Å². The zero-order valence-electron chi connectivity index (χ0n) is 18.7. The fraction of sp³-hybridized carbons (Fsp3) is 0.762. The van der Waals surface area contributed by atoms with Crippen LogP contribution in [0.4, 0.5) is 0 Å². The minimum atomic E-state index is -4.19. The molecule has 2 saturated carbocycles. The Balaban J connectivity index is 1.38. The number of amides is 2. The highest BCUT2D eigenvalue weighted by Gasteiger charge is 2.48. The van der Waals surface area contributed by atoms with E-state index in [9.17, 15) is 18.0 Å². The third-order valence-electron chi connectivity index (χ3n) is 7.17. The highest BCUT2D eigenvalue weighted by molar-refractivity contribution is 7.89. The van der Waals surface area contributed by atoms with Gasteiger partial charge in [-0.25, -0.2) is 9.17 Å². The summed E-state index contributed by atoms with van der Waals surface area (Å²) >= 11 is 1.01. The number of thiazole rings is 1. The SMILES string of the molecule is Cc1nc(C)c(S(=O)(=O)OC2(C(N)=O)CCC(C(=O)N3CCN(C4CCC4)CC3)CC2)s1. The van der Waals surface area contributed by atoms with Gasteiger partial charge in [0.05, 0.1) is 10.7 Å². The van der Waals surface area contributed by atoms with Gasteiger partial charge in [0.25, 0.3) is 5.91 Å². The summed E-state index contributed by atoms with van der Waals surface area (Å²) in [6.45, 7) is 6.57. The number of aromatic nitrogens is 1. The van der Waals surface area contributed by atoms with E-state index in [0.29, 0.717) is 29.6 Å². The van der Waals surface area contributed by atoms with E-state index in [0.717, 1.165) is 37.5 Å². The summed E-state index contributed by atoms with van der Waals surface area (Å²) in [7, 11) is -4.19. The number of nitrogens with two attached hydrogens (primary N) is 1. The molecule has 11 heteroatoms. The van der Waals surface area contributed by atoms with Crippen molar-refractivity contribution in [2.75, 3.05) is 26.2 Å². The molecule has 1 aromatic heterocycles. The lowest BCUT2D eigenvalue weighted by Gasteiger charge is -2.44. The van der Waals surface area contributed by atoms with E-state index in [1.807, 2.05) is 4.90 Å². The summed E-state index contributed by atoms with van der Waals surface area (Å²) in [4.78, 5) is 33.9. The normalized spacial score (nSPS) is 27.8. The average Bonchev–Trinajstić information content (AvgIpc) is 3.06. The van der Waals surface area contributed by atoms with Gasteiger partial charge in [0, 0.05) is 38.1 Å². The summed E-state index contributed by atoms with van der Waals surface area (Å²) in [5, 5.41) is 0.601. The molecule has 0 aromatic carbocycles. The van der Waals surface area contributed by atoms with Gasteiger partial charge in [-0.2, -0.15) is 8.42 Å². The Bertz CT molecular complexity index is 972. The monoisotopic (exact) mass is 484 g/mol. The maximum atomic E-state index is 13.1. The van der Waals surface area contributed by atoms with Gasteiger partial charge in [-0.3, -0.25) is 14.5 Å². The van der Waals surface area contributed by atoms with Crippen LogP contribution in [0.1, 0.15) is 55.6 Å². The van der Waals surface area contributed by atoms with Crippen molar-refractivity contribution >= 4 is 33.3 Å². The summed E-state index contributed by atoms with van der Waals surface area (Å²) in [5.74, 6) is -0.954. The highest BCUT2D eigenvalue weighted by Crippen LogP contribution is 2.39. The van der Waals surface area contributed by atoms with E-state index < -0.39 is 21.6 Å². The van der Waals surface area contributed by atoms with E-state index in [-0.39, 0.29) is 28.9 Å². The molecule has 1 aromatic rings. The van der Waals surface area contributed by atoms with Crippen LogP contribution in [0.25, 0.3) is 0 Å². The lowest BCUT2D eigenvalue weighted by Crippen LogP contribution is -2.55. The Kier molecular flexibility index (Phi) is 6.63. The Labute approximate surface area is 193 Å². The Morgan fingerprint density at radius 3 is 2.19 bits per heavy atom. The van der Waals surface area contributed by atoms with Crippen molar-refractivity contribution in [1.29, 1.82) is 0 Å². The molecule has 4 rings (SSSR count). The number of primary amides is 1. The zero-order chi connectivity index (χ0) is 23.1. The molecule has 9 nitrogen and oxygen atoms in total. The maximum Gasteiger partial charge on any atom is 0.309 e. The molecular formula is C21H32N4O5S2. The van der Waals surface area contributed by atoms with Crippen LogP contribution < -0.4 is 5.73 Å². The third-order valence-corrected chi connectivity index (χ3v) is 10.2. The molecule has 1 saturated heterocycles. The van der Waals surface area contributed by atoms with Gasteiger partial charge in [-0.15, -0.1) is 11.3 Å². The van der Waals surface area contributed by atoms with Crippen LogP contribution >= 0.6 is 11.3 Å². The summed E-state index contributed by atoms with van der Waals surface area (Å²) in [6.07, 6.45) is 4.79. The molecule has 2 aliphatic carbocycles. The number of hydrogen-bond acceptors (Lipinski definition) is 8. The number of rotatable bonds is 6. The van der Waals surface area contributed by atoms with E-state index >= 15 is 0 Å². The molecule has 0 radical (unpaired) electrons. The molecule has 0 spiro atoms. The van der Waals surface area contributed by atoms with E-state index in [2.05, 4.69) is 9.88 Å². The molecule has 2 amide bonds. The zero-order valence-corrected chi connectivity index (χ0v) is 20.3. The topological polar surface area (TPSA) is 123 Å². The van der Waals surface area contributed by atoms with Crippen LogP contribution in [0.5, 0.6) is 0 Å². The molecule has 3 aliphatic rings. The van der Waals surface area contributed by atoms with Gasteiger partial charge in [0.1, 0.15) is 0 Å². The second-order valence-electron chi connectivity index (χ2n) is 9.22. The lowest BCUT2D eigenvalue weighted by molar-refractivity contribution is -0.145. The number of nitrogens with zero attached hydrogens (tertiary/aromatic N) is 3. The van der Waals surface area contributed by atoms with Crippen LogP contribution in [0.2, 0.25) is 0 Å². The Morgan fingerprint density at radius 2 is 1.72 bits per heavy atom. The Hall–Kier alpha value is -1.56. The molecule has 2 N–H and O–H groups in total. The molecule has 32 heavy (non-hydrogen) atoms. The fourth-order valence-electron chi connectivity index (χ4n) is 5.01. The van der Waals surface area contributed by atoms with Crippen molar-refractivity contribution in [2.45, 2.75) is 74.6 Å². The molecule has 0 bridgehead atoms. The lowest BCUT2D eigenvalue weighted by atomic mass is 9.78. The molecule has 1 aliphatic heterocycles. The second kappa shape index (κ2) is 9.00. The number of carbonyl (C=O) groups excluding carboxylic acids is 2. The van der Waals surface area contributed by atoms with Crippen LogP contribution in [-0.4, -0.2) is 72.8 Å².